The lowest BCUT2D eigenvalue weighted by Crippen LogP contribution is -2.10. The lowest BCUT2D eigenvalue weighted by molar-refractivity contribution is 0.678. The van der Waals surface area contributed by atoms with Crippen LogP contribution in [-0.4, -0.2) is 21.2 Å². The first-order valence-electron chi connectivity index (χ1n) is 7.70. The average Bonchev–Trinajstić information content (AvgIpc) is 2.68. The van der Waals surface area contributed by atoms with E-state index in [-0.39, 0.29) is 0 Å². The number of rotatable bonds is 7. The molecule has 0 bridgehead atoms. The molecule has 7 nitrogen and oxygen atoms in total. The van der Waals surface area contributed by atoms with Crippen LogP contribution in [0.15, 0.2) is 70.7 Å². The number of benzene rings is 2. The van der Waals surface area contributed by atoms with E-state index in [0.29, 0.717) is 16.5 Å². The summed E-state index contributed by atoms with van der Waals surface area (Å²) in [5.41, 5.74) is 1.67. The molecule has 2 aromatic carbocycles. The predicted molar refractivity (Wildman–Crippen MR) is 107 cm³/mol. The first-order valence-corrected chi connectivity index (χ1v) is 9.73. The van der Waals surface area contributed by atoms with Crippen LogP contribution in [-0.2, 0) is 11.0 Å². The highest BCUT2D eigenvalue weighted by Gasteiger charge is 2.05. The Morgan fingerprint density at radius 2 is 1.62 bits per heavy atom. The highest BCUT2D eigenvalue weighted by atomic mass is 32.2. The van der Waals surface area contributed by atoms with Gasteiger partial charge in [0.25, 0.3) is 0 Å². The maximum absolute atomic E-state index is 11.9. The van der Waals surface area contributed by atoms with Gasteiger partial charge in [-0.05, 0) is 55.4 Å². The quantitative estimate of drug-likeness (QED) is 0.462. The van der Waals surface area contributed by atoms with Gasteiger partial charge in [0.2, 0.25) is 0 Å². The summed E-state index contributed by atoms with van der Waals surface area (Å²) in [6.07, 6.45) is 1.47. The number of hydrogen-bond acceptors (Lipinski definition) is 7. The zero-order valence-corrected chi connectivity index (χ0v) is 15.6. The van der Waals surface area contributed by atoms with E-state index < -0.39 is 11.0 Å². The standard InChI is InChI=1S/C17H18N6OS2/c1-19-26(24)15-7-3-5-13(9-15)23-17-10-16(20-11-21-17)22-12-4-2-6-14(8-12)25-18/h2-11,19H,18H2,1H3,(H2,20,21,22,23). The second-order valence-electron chi connectivity index (χ2n) is 5.18. The third-order valence-electron chi connectivity index (χ3n) is 3.42. The lowest BCUT2D eigenvalue weighted by Gasteiger charge is -2.10. The van der Waals surface area contributed by atoms with Crippen molar-refractivity contribution in [1.82, 2.24) is 14.7 Å². The fourth-order valence-electron chi connectivity index (χ4n) is 2.24. The summed E-state index contributed by atoms with van der Waals surface area (Å²) in [6, 6.07) is 16.9. The molecule has 0 fully saturated rings. The third kappa shape index (κ3) is 4.79. The summed E-state index contributed by atoms with van der Waals surface area (Å²) in [4.78, 5) is 10.1. The highest BCUT2D eigenvalue weighted by Crippen LogP contribution is 2.22. The monoisotopic (exact) mass is 386 g/mol. The van der Waals surface area contributed by atoms with E-state index in [9.17, 15) is 4.21 Å². The van der Waals surface area contributed by atoms with Crippen LogP contribution in [0.2, 0.25) is 0 Å². The molecule has 0 spiro atoms. The van der Waals surface area contributed by atoms with Crippen LogP contribution in [0.1, 0.15) is 0 Å². The van der Waals surface area contributed by atoms with Crippen LogP contribution in [0.5, 0.6) is 0 Å². The Bertz CT molecular complexity index is 921. The zero-order valence-electron chi connectivity index (χ0n) is 14.0. The molecule has 3 aromatic rings. The molecule has 5 N–H and O–H groups in total. The van der Waals surface area contributed by atoms with Crippen LogP contribution < -0.4 is 20.5 Å². The third-order valence-corrected chi connectivity index (χ3v) is 4.99. The average molecular weight is 387 g/mol. The van der Waals surface area contributed by atoms with E-state index in [1.54, 1.807) is 19.2 Å². The van der Waals surface area contributed by atoms with Gasteiger partial charge in [0.15, 0.2) is 0 Å². The number of hydrogen-bond donors (Lipinski definition) is 4. The summed E-state index contributed by atoms with van der Waals surface area (Å²) in [5, 5.41) is 12.0. The molecule has 0 amide bonds. The molecule has 1 atom stereocenters. The van der Waals surface area contributed by atoms with Crippen LogP contribution in [0.3, 0.4) is 0 Å². The number of anilines is 4. The molecule has 134 valence electrons. The summed E-state index contributed by atoms with van der Waals surface area (Å²) in [5.74, 6) is 1.27. The van der Waals surface area contributed by atoms with Gasteiger partial charge in [0.1, 0.15) is 28.9 Å². The van der Waals surface area contributed by atoms with Crippen molar-refractivity contribution in [3.8, 4) is 0 Å². The minimum Gasteiger partial charge on any atom is -0.340 e. The first-order chi connectivity index (χ1) is 12.7. The van der Waals surface area contributed by atoms with Gasteiger partial charge in [-0.2, -0.15) is 0 Å². The summed E-state index contributed by atoms with van der Waals surface area (Å²) >= 11 is 1.19. The van der Waals surface area contributed by atoms with E-state index in [1.807, 2.05) is 42.5 Å². The molecule has 26 heavy (non-hydrogen) atoms. The van der Waals surface area contributed by atoms with Crippen molar-refractivity contribution in [3.05, 3.63) is 60.9 Å². The SMILES string of the molecule is CNS(=O)c1cccc(Nc2cc(Nc3cccc(SN)c3)ncn2)c1. The molecule has 1 aromatic heterocycles. The molecule has 0 saturated heterocycles. The molecule has 1 heterocycles. The van der Waals surface area contributed by atoms with Gasteiger partial charge >= 0.3 is 0 Å². The molecule has 0 aliphatic rings. The molecule has 1 unspecified atom stereocenters. The van der Waals surface area contributed by atoms with E-state index in [2.05, 4.69) is 25.3 Å². The molecular weight excluding hydrogens is 368 g/mol. The second kappa shape index (κ2) is 8.77. The van der Waals surface area contributed by atoms with Gasteiger partial charge in [-0.3, -0.25) is 5.14 Å². The Kier molecular flexibility index (Phi) is 6.18. The number of aromatic nitrogens is 2. The summed E-state index contributed by atoms with van der Waals surface area (Å²) in [6.45, 7) is 0. The van der Waals surface area contributed by atoms with E-state index in [0.717, 1.165) is 16.3 Å². The van der Waals surface area contributed by atoms with Crippen LogP contribution in [0.25, 0.3) is 0 Å². The van der Waals surface area contributed by atoms with Crippen molar-refractivity contribution in [2.45, 2.75) is 9.79 Å². The van der Waals surface area contributed by atoms with Gasteiger partial charge in [-0.25, -0.2) is 18.9 Å². The molecule has 0 saturated carbocycles. The lowest BCUT2D eigenvalue weighted by atomic mass is 10.3. The molecule has 0 radical (unpaired) electrons. The van der Waals surface area contributed by atoms with Gasteiger partial charge in [0.05, 0.1) is 4.90 Å². The Labute approximate surface area is 158 Å². The predicted octanol–water partition coefficient (Wildman–Crippen LogP) is 3.17. The van der Waals surface area contributed by atoms with Crippen molar-refractivity contribution >= 4 is 45.9 Å². The molecule has 0 aliphatic carbocycles. The van der Waals surface area contributed by atoms with E-state index in [1.165, 1.54) is 18.3 Å². The topological polar surface area (TPSA) is 105 Å². The van der Waals surface area contributed by atoms with Crippen molar-refractivity contribution < 1.29 is 4.21 Å². The minimum atomic E-state index is -1.24. The van der Waals surface area contributed by atoms with Crippen LogP contribution >= 0.6 is 11.9 Å². The van der Waals surface area contributed by atoms with E-state index >= 15 is 0 Å². The van der Waals surface area contributed by atoms with Gasteiger partial charge in [-0.1, -0.05) is 12.1 Å². The summed E-state index contributed by atoms with van der Waals surface area (Å²) < 4.78 is 14.6. The molecular formula is C17H18N6OS2. The normalized spacial score (nSPS) is 11.8. The largest absolute Gasteiger partial charge is 0.340 e. The first kappa shape index (κ1) is 18.3. The van der Waals surface area contributed by atoms with Crippen molar-refractivity contribution in [2.24, 2.45) is 5.14 Å². The fourth-order valence-corrected chi connectivity index (χ4v) is 3.27. The van der Waals surface area contributed by atoms with Gasteiger partial charge < -0.3 is 10.6 Å². The molecule has 3 rings (SSSR count). The smallest absolute Gasteiger partial charge is 0.135 e. The number of nitrogens with two attached hydrogens (primary N) is 1. The van der Waals surface area contributed by atoms with Gasteiger partial charge in [0, 0.05) is 22.3 Å². The maximum Gasteiger partial charge on any atom is 0.135 e. The summed E-state index contributed by atoms with van der Waals surface area (Å²) in [7, 11) is 0.409. The number of nitrogens with zero attached hydrogens (tertiary/aromatic N) is 2. The van der Waals surface area contributed by atoms with Crippen molar-refractivity contribution in [2.75, 3.05) is 17.7 Å². The molecule has 0 aliphatic heterocycles. The van der Waals surface area contributed by atoms with Crippen molar-refractivity contribution in [3.63, 3.8) is 0 Å². The Morgan fingerprint density at radius 1 is 0.962 bits per heavy atom. The van der Waals surface area contributed by atoms with Crippen LogP contribution in [0, 0.1) is 0 Å². The second-order valence-corrected chi connectivity index (χ2v) is 7.31. The Hall–Kier alpha value is -2.46. The highest BCUT2D eigenvalue weighted by molar-refractivity contribution is 7.97. The maximum atomic E-state index is 11.9. The minimum absolute atomic E-state index is 0.624. The molecule has 9 heteroatoms. The van der Waals surface area contributed by atoms with Crippen LogP contribution in [0.4, 0.5) is 23.0 Å². The Morgan fingerprint density at radius 3 is 2.27 bits per heavy atom. The fraction of sp³-hybridized carbons (Fsp3) is 0.0588. The van der Waals surface area contributed by atoms with Crippen molar-refractivity contribution in [1.29, 1.82) is 0 Å². The zero-order chi connectivity index (χ0) is 18.4. The number of nitrogens with one attached hydrogen (secondary N) is 3. The Balaban J connectivity index is 1.76. The van der Waals surface area contributed by atoms with E-state index in [4.69, 9.17) is 5.14 Å². The van der Waals surface area contributed by atoms with Gasteiger partial charge in [-0.15, -0.1) is 0 Å².